The van der Waals surface area contributed by atoms with Crippen LogP contribution in [0.5, 0.6) is 0 Å². The zero-order valence-electron chi connectivity index (χ0n) is 10.6. The van der Waals surface area contributed by atoms with E-state index in [1.165, 1.54) is 23.0 Å². The van der Waals surface area contributed by atoms with Crippen molar-refractivity contribution in [2.24, 2.45) is 0 Å². The van der Waals surface area contributed by atoms with Crippen LogP contribution in [0.25, 0.3) is 5.69 Å². The number of benzene rings is 1. The van der Waals surface area contributed by atoms with Crippen LogP contribution in [0.3, 0.4) is 0 Å². The molecule has 1 fully saturated rings. The fraction of sp³-hybridized carbons (Fsp3) is 0.286. The van der Waals surface area contributed by atoms with Gasteiger partial charge in [-0.25, -0.2) is 13.9 Å². The molecule has 1 aromatic heterocycles. The first-order valence-corrected chi connectivity index (χ1v) is 6.31. The third kappa shape index (κ3) is 2.30. The van der Waals surface area contributed by atoms with Crippen molar-refractivity contribution in [1.82, 2.24) is 9.78 Å². The molecule has 0 amide bonds. The highest BCUT2D eigenvalue weighted by Crippen LogP contribution is 2.27. The lowest BCUT2D eigenvalue weighted by Crippen LogP contribution is -2.06. The van der Waals surface area contributed by atoms with Crippen LogP contribution in [-0.4, -0.2) is 34.1 Å². The lowest BCUT2D eigenvalue weighted by atomic mass is 10.0. The molecule has 5 nitrogen and oxygen atoms in total. The monoisotopic (exact) mass is 276 g/mol. The van der Waals surface area contributed by atoms with E-state index in [0.29, 0.717) is 24.6 Å². The minimum atomic E-state index is -1.03. The maximum Gasteiger partial charge on any atom is 0.339 e. The van der Waals surface area contributed by atoms with Crippen LogP contribution in [0.1, 0.15) is 28.4 Å². The maximum absolute atomic E-state index is 13.2. The van der Waals surface area contributed by atoms with E-state index in [9.17, 15) is 14.3 Å². The summed E-state index contributed by atoms with van der Waals surface area (Å²) in [5.74, 6) is -1.44. The zero-order valence-corrected chi connectivity index (χ0v) is 10.6. The molecule has 1 unspecified atom stereocenters. The Morgan fingerprint density at radius 1 is 1.50 bits per heavy atom. The molecule has 104 valence electrons. The van der Waals surface area contributed by atoms with Gasteiger partial charge in [0.25, 0.3) is 0 Å². The number of halogens is 1. The third-order valence-corrected chi connectivity index (χ3v) is 3.36. The van der Waals surface area contributed by atoms with Gasteiger partial charge in [0.05, 0.1) is 18.0 Å². The number of hydrogen-bond donors (Lipinski definition) is 1. The van der Waals surface area contributed by atoms with Gasteiger partial charge in [0.2, 0.25) is 0 Å². The van der Waals surface area contributed by atoms with Crippen molar-refractivity contribution in [2.45, 2.75) is 12.3 Å². The molecule has 3 rings (SSSR count). The van der Waals surface area contributed by atoms with Crippen molar-refractivity contribution in [3.05, 3.63) is 47.5 Å². The van der Waals surface area contributed by atoms with E-state index >= 15 is 0 Å². The van der Waals surface area contributed by atoms with E-state index in [0.717, 1.165) is 6.42 Å². The van der Waals surface area contributed by atoms with Crippen molar-refractivity contribution in [1.29, 1.82) is 0 Å². The highest BCUT2D eigenvalue weighted by molar-refractivity contribution is 5.89. The molecule has 1 aromatic carbocycles. The van der Waals surface area contributed by atoms with Crippen LogP contribution in [0.2, 0.25) is 0 Å². The molecular formula is C14H13FN2O3. The summed E-state index contributed by atoms with van der Waals surface area (Å²) in [5, 5.41) is 13.6. The Kier molecular flexibility index (Phi) is 3.23. The van der Waals surface area contributed by atoms with Gasteiger partial charge in [-0.3, -0.25) is 0 Å². The molecule has 20 heavy (non-hydrogen) atoms. The minimum absolute atomic E-state index is 0.0177. The van der Waals surface area contributed by atoms with Gasteiger partial charge in [-0.05, 0) is 24.6 Å². The van der Waals surface area contributed by atoms with Gasteiger partial charge in [0, 0.05) is 18.7 Å². The number of carboxylic acid groups (broad SMARTS) is 1. The molecule has 1 aliphatic heterocycles. The number of nitrogens with zero attached hydrogens (tertiary/aromatic N) is 2. The molecule has 0 aliphatic carbocycles. The predicted octanol–water partition coefficient (Wildman–Crippen LogP) is 2.21. The van der Waals surface area contributed by atoms with E-state index < -0.39 is 5.97 Å². The Balaban J connectivity index is 2.05. The van der Waals surface area contributed by atoms with Crippen molar-refractivity contribution < 1.29 is 19.0 Å². The van der Waals surface area contributed by atoms with Crippen molar-refractivity contribution in [3.63, 3.8) is 0 Å². The molecule has 2 aromatic rings. The Hall–Kier alpha value is -2.21. The van der Waals surface area contributed by atoms with Crippen LogP contribution in [0.4, 0.5) is 4.39 Å². The molecule has 1 saturated heterocycles. The largest absolute Gasteiger partial charge is 0.478 e. The van der Waals surface area contributed by atoms with Crippen molar-refractivity contribution >= 4 is 5.97 Å². The van der Waals surface area contributed by atoms with Crippen molar-refractivity contribution in [2.75, 3.05) is 13.2 Å². The molecule has 1 aliphatic rings. The van der Waals surface area contributed by atoms with Gasteiger partial charge < -0.3 is 9.84 Å². The minimum Gasteiger partial charge on any atom is -0.478 e. The fourth-order valence-electron chi connectivity index (χ4n) is 2.35. The Morgan fingerprint density at radius 3 is 3.00 bits per heavy atom. The first-order valence-electron chi connectivity index (χ1n) is 6.31. The zero-order chi connectivity index (χ0) is 14.1. The molecule has 0 radical (unpaired) electrons. The summed E-state index contributed by atoms with van der Waals surface area (Å²) in [7, 11) is 0. The van der Waals surface area contributed by atoms with Gasteiger partial charge in [-0.1, -0.05) is 6.07 Å². The van der Waals surface area contributed by atoms with Gasteiger partial charge in [0.15, 0.2) is 0 Å². The van der Waals surface area contributed by atoms with Crippen LogP contribution in [0, 0.1) is 5.82 Å². The van der Waals surface area contributed by atoms with Gasteiger partial charge >= 0.3 is 5.97 Å². The summed E-state index contributed by atoms with van der Waals surface area (Å²) >= 11 is 0. The predicted molar refractivity (Wildman–Crippen MR) is 68.7 cm³/mol. The van der Waals surface area contributed by atoms with Crippen LogP contribution < -0.4 is 0 Å². The lowest BCUT2D eigenvalue weighted by molar-refractivity contribution is 0.0695. The second kappa shape index (κ2) is 5.05. The molecule has 6 heteroatoms. The number of aromatic nitrogens is 2. The standard InChI is InChI=1S/C14H13FN2O3/c15-10-2-1-3-11(6-10)17-7-12(14(18)19)13(16-17)9-4-5-20-8-9/h1-3,6-7,9H,4-5,8H2,(H,18,19). The van der Waals surface area contributed by atoms with E-state index in [1.54, 1.807) is 12.1 Å². The van der Waals surface area contributed by atoms with Crippen LogP contribution >= 0.6 is 0 Å². The van der Waals surface area contributed by atoms with Crippen LogP contribution in [0.15, 0.2) is 30.5 Å². The molecular weight excluding hydrogens is 263 g/mol. The quantitative estimate of drug-likeness (QED) is 0.933. The van der Waals surface area contributed by atoms with Gasteiger partial charge in [-0.15, -0.1) is 0 Å². The topological polar surface area (TPSA) is 64.3 Å². The Labute approximate surface area is 114 Å². The normalized spacial score (nSPS) is 18.4. The molecule has 2 heterocycles. The van der Waals surface area contributed by atoms with Gasteiger partial charge in [0.1, 0.15) is 11.4 Å². The SMILES string of the molecule is O=C(O)c1cn(-c2cccc(F)c2)nc1C1CCOC1. The number of hydrogen-bond acceptors (Lipinski definition) is 3. The smallest absolute Gasteiger partial charge is 0.339 e. The molecule has 0 spiro atoms. The third-order valence-electron chi connectivity index (χ3n) is 3.36. The summed E-state index contributed by atoms with van der Waals surface area (Å²) in [6.45, 7) is 1.08. The average molecular weight is 276 g/mol. The highest BCUT2D eigenvalue weighted by atomic mass is 19.1. The van der Waals surface area contributed by atoms with Crippen LogP contribution in [-0.2, 0) is 4.74 Å². The lowest BCUT2D eigenvalue weighted by Gasteiger charge is -2.04. The fourth-order valence-corrected chi connectivity index (χ4v) is 2.35. The van der Waals surface area contributed by atoms with E-state index in [-0.39, 0.29) is 17.3 Å². The summed E-state index contributed by atoms with van der Waals surface area (Å²) in [6, 6.07) is 5.88. The summed E-state index contributed by atoms with van der Waals surface area (Å²) in [6.07, 6.45) is 2.17. The second-order valence-electron chi connectivity index (χ2n) is 4.72. The number of carboxylic acids is 1. The summed E-state index contributed by atoms with van der Waals surface area (Å²) in [4.78, 5) is 11.3. The van der Waals surface area contributed by atoms with E-state index in [1.807, 2.05) is 0 Å². The molecule has 1 N–H and O–H groups in total. The summed E-state index contributed by atoms with van der Waals surface area (Å²) < 4.78 is 19.9. The van der Waals surface area contributed by atoms with Gasteiger partial charge in [-0.2, -0.15) is 5.10 Å². The average Bonchev–Trinajstić information content (AvgIpc) is 3.08. The maximum atomic E-state index is 13.2. The van der Waals surface area contributed by atoms with E-state index in [2.05, 4.69) is 5.10 Å². The van der Waals surface area contributed by atoms with Crippen molar-refractivity contribution in [3.8, 4) is 5.69 Å². The summed E-state index contributed by atoms with van der Waals surface area (Å²) in [5.41, 5.74) is 1.14. The number of carbonyl (C=O) groups is 1. The first kappa shape index (κ1) is 12.8. The Morgan fingerprint density at radius 2 is 2.35 bits per heavy atom. The number of ether oxygens (including phenoxy) is 1. The number of aromatic carboxylic acids is 1. The second-order valence-corrected chi connectivity index (χ2v) is 4.72. The highest BCUT2D eigenvalue weighted by Gasteiger charge is 2.27. The number of rotatable bonds is 3. The molecule has 1 atom stereocenters. The molecule has 0 bridgehead atoms. The Bertz CT molecular complexity index is 648. The van der Waals surface area contributed by atoms with E-state index in [4.69, 9.17) is 4.74 Å². The first-order chi connectivity index (χ1) is 9.65. The molecule has 0 saturated carbocycles.